The third-order valence-electron chi connectivity index (χ3n) is 6.10. The molecule has 2 aromatic rings. The van der Waals surface area contributed by atoms with E-state index in [4.69, 9.17) is 16.3 Å². The SMILES string of the molecule is COc1cccc(N2CC[NH+](CC(=O)N3CCN(c4cccc(Cl)c4)CC3)CC2)c1. The summed E-state index contributed by atoms with van der Waals surface area (Å²) in [6, 6.07) is 16.1. The van der Waals surface area contributed by atoms with Crippen molar-refractivity contribution in [3.05, 3.63) is 53.6 Å². The maximum absolute atomic E-state index is 12.8. The van der Waals surface area contributed by atoms with E-state index in [0.29, 0.717) is 6.54 Å². The third-order valence-corrected chi connectivity index (χ3v) is 6.33. The van der Waals surface area contributed by atoms with Crippen LogP contribution in [0, 0.1) is 0 Å². The van der Waals surface area contributed by atoms with Gasteiger partial charge in [0.2, 0.25) is 0 Å². The lowest BCUT2D eigenvalue weighted by Crippen LogP contribution is -3.16. The first-order chi connectivity index (χ1) is 14.6. The van der Waals surface area contributed by atoms with Gasteiger partial charge in [-0.25, -0.2) is 0 Å². The monoisotopic (exact) mass is 429 g/mol. The zero-order chi connectivity index (χ0) is 20.9. The summed E-state index contributed by atoms with van der Waals surface area (Å²) in [6.45, 7) is 7.70. The molecule has 0 aromatic heterocycles. The van der Waals surface area contributed by atoms with Crippen molar-refractivity contribution >= 4 is 28.9 Å². The molecule has 0 unspecified atom stereocenters. The topological polar surface area (TPSA) is 40.5 Å². The molecule has 2 aliphatic heterocycles. The van der Waals surface area contributed by atoms with E-state index in [1.807, 2.05) is 35.2 Å². The Hall–Kier alpha value is -2.44. The summed E-state index contributed by atoms with van der Waals surface area (Å²) in [5, 5.41) is 0.752. The normalized spacial score (nSPS) is 17.9. The molecule has 2 aliphatic rings. The maximum atomic E-state index is 12.8. The van der Waals surface area contributed by atoms with Crippen LogP contribution in [-0.2, 0) is 4.79 Å². The molecule has 0 bridgehead atoms. The van der Waals surface area contributed by atoms with Crippen LogP contribution >= 0.6 is 11.6 Å². The van der Waals surface area contributed by atoms with Crippen LogP contribution in [0.1, 0.15) is 0 Å². The molecule has 2 saturated heterocycles. The van der Waals surface area contributed by atoms with Crippen LogP contribution in [0.3, 0.4) is 0 Å². The van der Waals surface area contributed by atoms with Gasteiger partial charge in [0.15, 0.2) is 6.54 Å². The summed E-state index contributed by atoms with van der Waals surface area (Å²) in [6.07, 6.45) is 0. The minimum Gasteiger partial charge on any atom is -0.497 e. The van der Waals surface area contributed by atoms with E-state index >= 15 is 0 Å². The summed E-state index contributed by atoms with van der Waals surface area (Å²) in [5.74, 6) is 1.15. The predicted octanol–water partition coefficient (Wildman–Crippen LogP) is 1.40. The highest BCUT2D eigenvalue weighted by atomic mass is 35.5. The van der Waals surface area contributed by atoms with Gasteiger partial charge in [0.25, 0.3) is 5.91 Å². The number of hydrogen-bond donors (Lipinski definition) is 1. The second-order valence-electron chi connectivity index (χ2n) is 7.96. The van der Waals surface area contributed by atoms with Crippen molar-refractivity contribution < 1.29 is 14.4 Å². The first-order valence-corrected chi connectivity index (χ1v) is 11.0. The highest BCUT2D eigenvalue weighted by Gasteiger charge is 2.27. The van der Waals surface area contributed by atoms with Gasteiger partial charge in [-0.15, -0.1) is 0 Å². The number of rotatable bonds is 5. The number of quaternary nitrogens is 1. The van der Waals surface area contributed by atoms with Gasteiger partial charge < -0.3 is 24.3 Å². The zero-order valence-corrected chi connectivity index (χ0v) is 18.3. The second kappa shape index (κ2) is 9.58. The van der Waals surface area contributed by atoms with Gasteiger partial charge in [-0.2, -0.15) is 0 Å². The van der Waals surface area contributed by atoms with Gasteiger partial charge in [0.05, 0.1) is 33.3 Å². The molecule has 160 valence electrons. The summed E-state index contributed by atoms with van der Waals surface area (Å²) < 4.78 is 5.34. The molecular formula is C23H30ClN4O2+. The molecule has 30 heavy (non-hydrogen) atoms. The van der Waals surface area contributed by atoms with E-state index in [9.17, 15) is 4.79 Å². The Morgan fingerprint density at radius 1 is 0.933 bits per heavy atom. The molecule has 7 heteroatoms. The van der Waals surface area contributed by atoms with Gasteiger partial charge in [0, 0.05) is 48.6 Å². The molecule has 0 aliphatic carbocycles. The van der Waals surface area contributed by atoms with Crippen LogP contribution in [0.2, 0.25) is 5.02 Å². The molecule has 0 radical (unpaired) electrons. The van der Waals surface area contributed by atoms with Crippen molar-refractivity contribution in [1.29, 1.82) is 0 Å². The van der Waals surface area contributed by atoms with Gasteiger partial charge in [-0.05, 0) is 30.3 Å². The molecular weight excluding hydrogens is 400 g/mol. The highest BCUT2D eigenvalue weighted by molar-refractivity contribution is 6.30. The minimum absolute atomic E-state index is 0.269. The van der Waals surface area contributed by atoms with Crippen molar-refractivity contribution in [2.24, 2.45) is 0 Å². The number of halogens is 1. The summed E-state index contributed by atoms with van der Waals surface area (Å²) in [4.78, 5) is 20.9. The third kappa shape index (κ3) is 4.99. The molecule has 2 aromatic carbocycles. The van der Waals surface area contributed by atoms with Crippen molar-refractivity contribution in [3.8, 4) is 5.75 Å². The molecule has 0 saturated carbocycles. The number of carbonyl (C=O) groups is 1. The number of amides is 1. The largest absolute Gasteiger partial charge is 0.497 e. The van der Waals surface area contributed by atoms with E-state index in [-0.39, 0.29) is 5.91 Å². The molecule has 4 rings (SSSR count). The number of hydrogen-bond acceptors (Lipinski definition) is 4. The molecule has 2 fully saturated rings. The van der Waals surface area contributed by atoms with Gasteiger partial charge >= 0.3 is 0 Å². The second-order valence-corrected chi connectivity index (χ2v) is 8.40. The lowest BCUT2D eigenvalue weighted by atomic mass is 10.2. The van der Waals surface area contributed by atoms with Gasteiger partial charge in [0.1, 0.15) is 5.75 Å². The molecule has 6 nitrogen and oxygen atoms in total. The van der Waals surface area contributed by atoms with E-state index in [0.717, 1.165) is 68.8 Å². The fraction of sp³-hybridized carbons (Fsp3) is 0.435. The van der Waals surface area contributed by atoms with Crippen molar-refractivity contribution in [2.45, 2.75) is 0 Å². The van der Waals surface area contributed by atoms with E-state index < -0.39 is 0 Å². The Labute approximate surface area is 183 Å². The Morgan fingerprint density at radius 3 is 2.23 bits per heavy atom. The average molecular weight is 430 g/mol. The molecule has 1 amide bonds. The first kappa shape index (κ1) is 20.8. The number of nitrogens with zero attached hydrogens (tertiary/aromatic N) is 3. The van der Waals surface area contributed by atoms with Crippen molar-refractivity contribution in [2.75, 3.05) is 75.8 Å². The molecule has 1 N–H and O–H groups in total. The zero-order valence-electron chi connectivity index (χ0n) is 17.5. The lowest BCUT2D eigenvalue weighted by molar-refractivity contribution is -0.892. The first-order valence-electron chi connectivity index (χ1n) is 10.6. The molecule has 2 heterocycles. The Kier molecular flexibility index (Phi) is 6.65. The smallest absolute Gasteiger partial charge is 0.277 e. The number of anilines is 2. The number of piperazine rings is 2. The van der Waals surface area contributed by atoms with Crippen LogP contribution in [-0.4, -0.2) is 76.8 Å². The summed E-state index contributed by atoms with van der Waals surface area (Å²) >= 11 is 6.11. The van der Waals surface area contributed by atoms with E-state index in [1.165, 1.54) is 10.6 Å². The Bertz CT molecular complexity index is 862. The number of nitrogens with one attached hydrogen (secondary N) is 1. The Balaban J connectivity index is 1.23. The van der Waals surface area contributed by atoms with Crippen LogP contribution in [0.4, 0.5) is 11.4 Å². The van der Waals surface area contributed by atoms with Crippen molar-refractivity contribution in [3.63, 3.8) is 0 Å². The molecule has 0 atom stereocenters. The maximum Gasteiger partial charge on any atom is 0.277 e. The van der Waals surface area contributed by atoms with Crippen LogP contribution in [0.5, 0.6) is 5.75 Å². The minimum atomic E-state index is 0.269. The van der Waals surface area contributed by atoms with Gasteiger partial charge in [-0.3, -0.25) is 4.79 Å². The standard InChI is InChI=1S/C23H29ClN4O2/c1-30-22-7-3-6-21(17-22)26-10-8-25(9-11-26)18-23(29)28-14-12-27(13-15-28)20-5-2-4-19(24)16-20/h2-7,16-17H,8-15,18H2,1H3/p+1. The van der Waals surface area contributed by atoms with Gasteiger partial charge in [-0.1, -0.05) is 23.7 Å². The molecule has 0 spiro atoms. The predicted molar refractivity (Wildman–Crippen MR) is 121 cm³/mol. The number of methoxy groups -OCH3 is 1. The fourth-order valence-electron chi connectivity index (χ4n) is 4.28. The van der Waals surface area contributed by atoms with Crippen LogP contribution in [0.15, 0.2) is 48.5 Å². The lowest BCUT2D eigenvalue weighted by Gasteiger charge is -2.38. The van der Waals surface area contributed by atoms with E-state index in [1.54, 1.807) is 7.11 Å². The number of ether oxygens (including phenoxy) is 1. The highest BCUT2D eigenvalue weighted by Crippen LogP contribution is 2.21. The van der Waals surface area contributed by atoms with E-state index in [2.05, 4.69) is 28.0 Å². The summed E-state index contributed by atoms with van der Waals surface area (Å²) in [5.41, 5.74) is 2.32. The fourth-order valence-corrected chi connectivity index (χ4v) is 4.46. The quantitative estimate of drug-likeness (QED) is 0.780. The average Bonchev–Trinajstić information content (AvgIpc) is 2.80. The van der Waals surface area contributed by atoms with Crippen molar-refractivity contribution in [1.82, 2.24) is 4.90 Å². The van der Waals surface area contributed by atoms with Crippen LogP contribution < -0.4 is 19.4 Å². The van der Waals surface area contributed by atoms with Crippen LogP contribution in [0.25, 0.3) is 0 Å². The summed E-state index contributed by atoms with van der Waals surface area (Å²) in [7, 11) is 1.70. The number of carbonyl (C=O) groups excluding carboxylic acids is 1. The Morgan fingerprint density at radius 2 is 1.57 bits per heavy atom. The number of benzene rings is 2.